The van der Waals surface area contributed by atoms with Crippen molar-refractivity contribution in [3.05, 3.63) is 0 Å². The highest BCUT2D eigenvalue weighted by atomic mass is 16.5. The van der Waals surface area contributed by atoms with E-state index in [0.29, 0.717) is 25.0 Å². The van der Waals surface area contributed by atoms with Crippen molar-refractivity contribution in [2.24, 2.45) is 11.3 Å². The fourth-order valence-corrected chi connectivity index (χ4v) is 4.69. The molecule has 0 heterocycles. The molecule has 180 valence electrons. The summed E-state index contributed by atoms with van der Waals surface area (Å²) < 4.78 is 5.51. The Morgan fingerprint density at radius 3 is 1.90 bits per heavy atom. The Morgan fingerprint density at radius 1 is 0.833 bits per heavy atom. The van der Waals surface area contributed by atoms with Crippen LogP contribution in [-0.4, -0.2) is 37.4 Å². The average molecular weight is 428 g/mol. The first kappa shape index (κ1) is 29.4. The van der Waals surface area contributed by atoms with Crippen LogP contribution in [0.3, 0.4) is 0 Å². The summed E-state index contributed by atoms with van der Waals surface area (Å²) in [5.74, 6) is 1.01. The van der Waals surface area contributed by atoms with E-state index >= 15 is 0 Å². The number of rotatable bonds is 15. The van der Waals surface area contributed by atoms with E-state index in [1.807, 2.05) is 27.7 Å². The molecule has 30 heavy (non-hydrogen) atoms. The molecule has 3 rings (SSSR count). The maximum atomic E-state index is 12.2. The number of unbranched alkanes of at least 4 members (excludes halogenated alkanes) is 6. The molecule has 0 radical (unpaired) electrons. The summed E-state index contributed by atoms with van der Waals surface area (Å²) in [4.78, 5) is 12.2. The smallest absolute Gasteiger partial charge is 0.306 e. The zero-order valence-corrected chi connectivity index (χ0v) is 20.8. The van der Waals surface area contributed by atoms with Crippen LogP contribution in [0.4, 0.5) is 0 Å². The summed E-state index contributed by atoms with van der Waals surface area (Å²) in [6, 6.07) is 0. The number of esters is 1. The minimum absolute atomic E-state index is 0.0534. The van der Waals surface area contributed by atoms with Crippen LogP contribution in [0, 0.1) is 11.3 Å². The van der Waals surface area contributed by atoms with Crippen molar-refractivity contribution in [3.8, 4) is 0 Å². The Morgan fingerprint density at radius 2 is 1.33 bits per heavy atom. The molecule has 3 saturated carbocycles. The molecule has 0 aromatic carbocycles. The average Bonchev–Trinajstić information content (AvgIpc) is 2.80. The molecular weight excluding hydrogens is 374 g/mol. The normalized spacial score (nSPS) is 21.8. The number of fused-ring (bicyclic) bond motifs is 3. The molecule has 0 aromatic rings. The Hall–Kier alpha value is -0.610. The van der Waals surface area contributed by atoms with E-state index in [1.165, 1.54) is 70.6 Å². The van der Waals surface area contributed by atoms with Gasteiger partial charge in [0.25, 0.3) is 0 Å². The van der Waals surface area contributed by atoms with Gasteiger partial charge >= 0.3 is 5.97 Å². The van der Waals surface area contributed by atoms with Gasteiger partial charge in [-0.1, -0.05) is 53.4 Å². The molecule has 3 fully saturated rings. The number of nitrogens with one attached hydrogen (secondary N) is 1. The Labute approximate surface area is 187 Å². The summed E-state index contributed by atoms with van der Waals surface area (Å²) >= 11 is 0. The molecular formula is C26H53NO3. The van der Waals surface area contributed by atoms with Crippen molar-refractivity contribution < 1.29 is 14.6 Å². The lowest BCUT2D eigenvalue weighted by Gasteiger charge is -2.46. The Balaban J connectivity index is 0.00000198. The van der Waals surface area contributed by atoms with Gasteiger partial charge in [-0.3, -0.25) is 4.79 Å². The first-order valence-corrected chi connectivity index (χ1v) is 13.2. The van der Waals surface area contributed by atoms with Crippen LogP contribution < -0.4 is 5.32 Å². The molecule has 3 aliphatic rings. The quantitative estimate of drug-likeness (QED) is 0.227. The van der Waals surface area contributed by atoms with Crippen LogP contribution in [0.2, 0.25) is 0 Å². The van der Waals surface area contributed by atoms with Gasteiger partial charge in [-0.15, -0.1) is 0 Å². The molecule has 0 atom stereocenters. The van der Waals surface area contributed by atoms with Crippen LogP contribution in [0.1, 0.15) is 124 Å². The van der Waals surface area contributed by atoms with Crippen LogP contribution in [0.15, 0.2) is 0 Å². The third-order valence-electron chi connectivity index (χ3n) is 6.54. The highest BCUT2D eigenvalue weighted by molar-refractivity contribution is 5.70. The summed E-state index contributed by atoms with van der Waals surface area (Å²) in [6.07, 6.45) is 17.6. The lowest BCUT2D eigenvalue weighted by molar-refractivity contribution is -0.148. The zero-order chi connectivity index (χ0) is 22.5. The number of hydrogen-bond acceptors (Lipinski definition) is 4. The van der Waals surface area contributed by atoms with Crippen molar-refractivity contribution in [2.75, 3.05) is 26.3 Å². The Bertz CT molecular complexity index is 365. The van der Waals surface area contributed by atoms with Gasteiger partial charge in [0.2, 0.25) is 0 Å². The van der Waals surface area contributed by atoms with Crippen molar-refractivity contribution in [3.63, 3.8) is 0 Å². The topological polar surface area (TPSA) is 58.6 Å². The largest absolute Gasteiger partial charge is 0.466 e. The zero-order valence-electron chi connectivity index (χ0n) is 20.8. The van der Waals surface area contributed by atoms with Gasteiger partial charge in [0.05, 0.1) is 13.0 Å². The predicted molar refractivity (Wildman–Crippen MR) is 129 cm³/mol. The predicted octanol–water partition coefficient (Wildman–Crippen LogP) is 6.65. The summed E-state index contributed by atoms with van der Waals surface area (Å²) in [7, 11) is 0. The standard InChI is InChI=1S/C22H41NO3.2C2H6/c24-17-7-6-16-23-15-5-3-1-2-4-8-18-26-21(25)19-22-12-9-20(10-13-22)11-14-22;2*1-2/h20,23-24H,1-19H2;2*1-2H3. The monoisotopic (exact) mass is 427 g/mol. The van der Waals surface area contributed by atoms with Gasteiger partial charge in [-0.05, 0) is 88.6 Å². The van der Waals surface area contributed by atoms with E-state index in [0.717, 1.165) is 38.3 Å². The first-order chi connectivity index (χ1) is 14.7. The highest BCUT2D eigenvalue weighted by Gasteiger charge is 2.41. The third kappa shape index (κ3) is 13.6. The fraction of sp³-hybridized carbons (Fsp3) is 0.962. The molecule has 0 aliphatic heterocycles. The SMILES string of the molecule is CC.CC.O=C(CC12CCC(CC1)CC2)OCCCCCCCCNCCCCO. The van der Waals surface area contributed by atoms with E-state index in [4.69, 9.17) is 9.84 Å². The van der Waals surface area contributed by atoms with Crippen LogP contribution in [0.5, 0.6) is 0 Å². The lowest BCUT2D eigenvalue weighted by Crippen LogP contribution is -2.36. The van der Waals surface area contributed by atoms with Crippen molar-refractivity contribution in [1.82, 2.24) is 5.32 Å². The van der Waals surface area contributed by atoms with Gasteiger partial charge in [0.15, 0.2) is 0 Å². The molecule has 0 spiro atoms. The number of aliphatic hydroxyl groups is 1. The highest BCUT2D eigenvalue weighted by Crippen LogP contribution is 2.52. The minimum atomic E-state index is 0.0534. The van der Waals surface area contributed by atoms with Gasteiger partial charge in [-0.2, -0.15) is 0 Å². The summed E-state index contributed by atoms with van der Waals surface area (Å²) in [5, 5.41) is 12.1. The maximum Gasteiger partial charge on any atom is 0.306 e. The lowest BCUT2D eigenvalue weighted by atomic mass is 9.59. The van der Waals surface area contributed by atoms with E-state index in [-0.39, 0.29) is 5.97 Å². The second-order valence-electron chi connectivity index (χ2n) is 8.68. The van der Waals surface area contributed by atoms with Crippen LogP contribution >= 0.6 is 0 Å². The maximum absolute atomic E-state index is 12.2. The molecule has 4 heteroatoms. The molecule has 4 nitrogen and oxygen atoms in total. The molecule has 0 unspecified atom stereocenters. The Kier molecular flexibility index (Phi) is 19.9. The minimum Gasteiger partial charge on any atom is -0.466 e. The summed E-state index contributed by atoms with van der Waals surface area (Å²) in [6.45, 7) is 11.0. The van der Waals surface area contributed by atoms with Crippen LogP contribution in [0.25, 0.3) is 0 Å². The van der Waals surface area contributed by atoms with Gasteiger partial charge in [0, 0.05) is 6.61 Å². The van der Waals surface area contributed by atoms with E-state index < -0.39 is 0 Å². The van der Waals surface area contributed by atoms with E-state index in [9.17, 15) is 4.79 Å². The number of aliphatic hydroxyl groups excluding tert-OH is 1. The van der Waals surface area contributed by atoms with Crippen LogP contribution in [-0.2, 0) is 9.53 Å². The molecule has 2 bridgehead atoms. The molecule has 2 N–H and O–H groups in total. The van der Waals surface area contributed by atoms with Crippen molar-refractivity contribution in [1.29, 1.82) is 0 Å². The van der Waals surface area contributed by atoms with Gasteiger partial charge < -0.3 is 15.2 Å². The molecule has 0 aromatic heterocycles. The fourth-order valence-electron chi connectivity index (χ4n) is 4.69. The third-order valence-corrected chi connectivity index (χ3v) is 6.54. The summed E-state index contributed by atoms with van der Waals surface area (Å²) in [5.41, 5.74) is 0.304. The number of carbonyl (C=O) groups excluding carboxylic acids is 1. The van der Waals surface area contributed by atoms with Gasteiger partial charge in [-0.25, -0.2) is 0 Å². The first-order valence-electron chi connectivity index (χ1n) is 13.2. The molecule has 3 aliphatic carbocycles. The van der Waals surface area contributed by atoms with E-state index in [2.05, 4.69) is 5.32 Å². The molecule has 0 saturated heterocycles. The number of ether oxygens (including phenoxy) is 1. The van der Waals surface area contributed by atoms with Crippen molar-refractivity contribution >= 4 is 5.97 Å². The second kappa shape index (κ2) is 20.3. The van der Waals surface area contributed by atoms with E-state index in [1.54, 1.807) is 0 Å². The second-order valence-corrected chi connectivity index (χ2v) is 8.68. The number of carbonyl (C=O) groups is 1. The molecule has 0 amide bonds. The van der Waals surface area contributed by atoms with Crippen molar-refractivity contribution in [2.45, 2.75) is 124 Å². The van der Waals surface area contributed by atoms with Gasteiger partial charge in [0.1, 0.15) is 0 Å². The number of hydrogen-bond donors (Lipinski definition) is 2.